The Morgan fingerprint density at radius 1 is 1.52 bits per heavy atom. The molecule has 0 aliphatic carbocycles. The van der Waals surface area contributed by atoms with Crippen molar-refractivity contribution in [1.29, 1.82) is 0 Å². The average molecular weight is 316 g/mol. The fraction of sp³-hybridized carbons (Fsp3) is 0.529. The van der Waals surface area contributed by atoms with Crippen LogP contribution in [-0.4, -0.2) is 33.3 Å². The van der Waals surface area contributed by atoms with E-state index in [0.717, 1.165) is 29.8 Å². The van der Waals surface area contributed by atoms with E-state index in [0.29, 0.717) is 18.8 Å². The fourth-order valence-corrected chi connectivity index (χ4v) is 3.19. The standard InChI is InChI=1S/C17H24N4O2/c1-4-21-16(14-10-11(2)23-12(3)15(14)20-21)17(22)19-9-7-13-6-5-8-18-13/h5-6,8,11-12,18H,4,7,9-10H2,1-3H3,(H,19,22)/t11-,12+/m0/s1. The average Bonchev–Trinajstić information content (AvgIpc) is 3.14. The Labute approximate surface area is 136 Å². The van der Waals surface area contributed by atoms with Crippen molar-refractivity contribution in [2.75, 3.05) is 6.54 Å². The van der Waals surface area contributed by atoms with Crippen LogP contribution in [-0.2, 0) is 24.1 Å². The molecule has 2 atom stereocenters. The van der Waals surface area contributed by atoms with Crippen molar-refractivity contribution in [2.45, 2.75) is 52.4 Å². The Morgan fingerprint density at radius 2 is 2.35 bits per heavy atom. The Balaban J connectivity index is 1.76. The van der Waals surface area contributed by atoms with Gasteiger partial charge >= 0.3 is 0 Å². The van der Waals surface area contributed by atoms with Crippen molar-refractivity contribution in [2.24, 2.45) is 0 Å². The van der Waals surface area contributed by atoms with Gasteiger partial charge in [0.15, 0.2) is 0 Å². The monoisotopic (exact) mass is 316 g/mol. The minimum absolute atomic E-state index is 0.0477. The van der Waals surface area contributed by atoms with Crippen LogP contribution in [0.5, 0.6) is 0 Å². The maximum Gasteiger partial charge on any atom is 0.269 e. The van der Waals surface area contributed by atoms with Crippen molar-refractivity contribution < 1.29 is 9.53 Å². The molecule has 0 fully saturated rings. The maximum atomic E-state index is 12.7. The second kappa shape index (κ2) is 6.58. The minimum Gasteiger partial charge on any atom is -0.369 e. The summed E-state index contributed by atoms with van der Waals surface area (Å²) in [5, 5.41) is 7.61. The van der Waals surface area contributed by atoms with Gasteiger partial charge in [-0.05, 0) is 32.9 Å². The van der Waals surface area contributed by atoms with E-state index in [1.807, 2.05) is 39.1 Å². The number of amides is 1. The van der Waals surface area contributed by atoms with Crippen LogP contribution in [0.25, 0.3) is 0 Å². The van der Waals surface area contributed by atoms with Crippen LogP contribution in [0.4, 0.5) is 0 Å². The van der Waals surface area contributed by atoms with Crippen LogP contribution < -0.4 is 5.32 Å². The van der Waals surface area contributed by atoms with E-state index < -0.39 is 0 Å². The lowest BCUT2D eigenvalue weighted by Crippen LogP contribution is -2.30. The van der Waals surface area contributed by atoms with Crippen molar-refractivity contribution in [3.63, 3.8) is 0 Å². The predicted octanol–water partition coefficient (Wildman–Crippen LogP) is 2.23. The van der Waals surface area contributed by atoms with Crippen LogP contribution in [0.2, 0.25) is 0 Å². The number of H-pyrrole nitrogens is 1. The molecule has 0 aromatic carbocycles. The summed E-state index contributed by atoms with van der Waals surface area (Å²) in [6.07, 6.45) is 3.46. The van der Waals surface area contributed by atoms with Crippen LogP contribution in [0, 0.1) is 0 Å². The highest BCUT2D eigenvalue weighted by Crippen LogP contribution is 2.31. The highest BCUT2D eigenvalue weighted by molar-refractivity contribution is 5.94. The smallest absolute Gasteiger partial charge is 0.269 e. The summed E-state index contributed by atoms with van der Waals surface area (Å²) in [5.41, 5.74) is 3.75. The first-order chi connectivity index (χ1) is 11.1. The molecule has 0 saturated heterocycles. The third-order valence-electron chi connectivity index (χ3n) is 4.25. The molecular weight excluding hydrogens is 292 g/mol. The van der Waals surface area contributed by atoms with Gasteiger partial charge in [0, 0.05) is 43.4 Å². The highest BCUT2D eigenvalue weighted by Gasteiger charge is 2.31. The van der Waals surface area contributed by atoms with Gasteiger partial charge in [0.2, 0.25) is 0 Å². The minimum atomic E-state index is -0.0629. The molecule has 1 aliphatic heterocycles. The summed E-state index contributed by atoms with van der Waals surface area (Å²) in [4.78, 5) is 15.8. The summed E-state index contributed by atoms with van der Waals surface area (Å²) in [5.74, 6) is -0.0477. The number of hydrogen-bond acceptors (Lipinski definition) is 3. The number of aromatic nitrogens is 3. The predicted molar refractivity (Wildman–Crippen MR) is 87.4 cm³/mol. The van der Waals surface area contributed by atoms with Gasteiger partial charge in [-0.25, -0.2) is 0 Å². The molecule has 2 aromatic heterocycles. The van der Waals surface area contributed by atoms with Gasteiger partial charge in [-0.2, -0.15) is 5.10 Å². The van der Waals surface area contributed by atoms with E-state index in [9.17, 15) is 4.79 Å². The molecule has 0 unspecified atom stereocenters. The zero-order chi connectivity index (χ0) is 16.4. The normalized spacial score (nSPS) is 20.3. The second-order valence-corrected chi connectivity index (χ2v) is 6.02. The molecule has 0 bridgehead atoms. The first kappa shape index (κ1) is 15.8. The molecule has 6 heteroatoms. The molecule has 0 spiro atoms. The molecular formula is C17H24N4O2. The van der Waals surface area contributed by atoms with E-state index >= 15 is 0 Å². The molecule has 23 heavy (non-hydrogen) atoms. The summed E-state index contributed by atoms with van der Waals surface area (Å²) in [6.45, 7) is 7.31. The largest absolute Gasteiger partial charge is 0.369 e. The van der Waals surface area contributed by atoms with Gasteiger partial charge in [0.05, 0.1) is 17.9 Å². The summed E-state index contributed by atoms with van der Waals surface area (Å²) >= 11 is 0. The van der Waals surface area contributed by atoms with Crippen LogP contribution in [0.1, 0.15) is 54.3 Å². The van der Waals surface area contributed by atoms with E-state index in [1.54, 1.807) is 4.68 Å². The molecule has 124 valence electrons. The molecule has 3 rings (SSSR count). The van der Waals surface area contributed by atoms with Crippen molar-refractivity contribution >= 4 is 5.91 Å². The fourth-order valence-electron chi connectivity index (χ4n) is 3.19. The molecule has 2 N–H and O–H groups in total. The van der Waals surface area contributed by atoms with E-state index in [2.05, 4.69) is 15.4 Å². The SMILES string of the molecule is CCn1nc2c(c1C(=O)NCCc1ccc[nH]1)C[C@H](C)O[C@@H]2C. The van der Waals surface area contributed by atoms with Gasteiger partial charge in [-0.1, -0.05) is 0 Å². The van der Waals surface area contributed by atoms with Gasteiger partial charge in [0.1, 0.15) is 5.69 Å². The highest BCUT2D eigenvalue weighted by atomic mass is 16.5. The van der Waals surface area contributed by atoms with Gasteiger partial charge in [-0.3, -0.25) is 9.48 Å². The molecule has 1 amide bonds. The quantitative estimate of drug-likeness (QED) is 0.888. The number of nitrogens with one attached hydrogen (secondary N) is 2. The van der Waals surface area contributed by atoms with Crippen molar-refractivity contribution in [1.82, 2.24) is 20.1 Å². The Bertz CT molecular complexity index is 675. The Kier molecular flexibility index (Phi) is 4.52. The van der Waals surface area contributed by atoms with Crippen LogP contribution >= 0.6 is 0 Å². The summed E-state index contributed by atoms with van der Waals surface area (Å²) in [7, 11) is 0. The van der Waals surface area contributed by atoms with Gasteiger partial charge in [0.25, 0.3) is 5.91 Å². The van der Waals surface area contributed by atoms with Crippen LogP contribution in [0.15, 0.2) is 18.3 Å². The van der Waals surface area contributed by atoms with Gasteiger partial charge < -0.3 is 15.0 Å². The topological polar surface area (TPSA) is 71.9 Å². The first-order valence-electron chi connectivity index (χ1n) is 8.25. The third-order valence-corrected chi connectivity index (χ3v) is 4.25. The third kappa shape index (κ3) is 3.17. The van der Waals surface area contributed by atoms with Crippen molar-refractivity contribution in [3.05, 3.63) is 41.0 Å². The lowest BCUT2D eigenvalue weighted by atomic mass is 9.99. The number of aryl methyl sites for hydroxylation is 1. The second-order valence-electron chi connectivity index (χ2n) is 6.02. The number of hydrogen-bond donors (Lipinski definition) is 2. The Morgan fingerprint density at radius 3 is 3.04 bits per heavy atom. The zero-order valence-electron chi connectivity index (χ0n) is 13.9. The number of ether oxygens (including phenoxy) is 1. The molecule has 3 heterocycles. The first-order valence-corrected chi connectivity index (χ1v) is 8.25. The molecule has 2 aromatic rings. The number of nitrogens with zero attached hydrogens (tertiary/aromatic N) is 2. The molecule has 1 aliphatic rings. The lowest BCUT2D eigenvalue weighted by Gasteiger charge is -2.24. The van der Waals surface area contributed by atoms with E-state index in [1.165, 1.54) is 0 Å². The lowest BCUT2D eigenvalue weighted by molar-refractivity contribution is -0.00712. The zero-order valence-corrected chi connectivity index (χ0v) is 13.9. The van der Waals surface area contributed by atoms with Gasteiger partial charge in [-0.15, -0.1) is 0 Å². The summed E-state index contributed by atoms with van der Waals surface area (Å²) in [6, 6.07) is 3.98. The number of rotatable bonds is 5. The van der Waals surface area contributed by atoms with Crippen LogP contribution in [0.3, 0.4) is 0 Å². The summed E-state index contributed by atoms with van der Waals surface area (Å²) < 4.78 is 7.62. The Hall–Kier alpha value is -2.08. The number of fused-ring (bicyclic) bond motifs is 1. The van der Waals surface area contributed by atoms with Crippen molar-refractivity contribution in [3.8, 4) is 0 Å². The number of carbonyl (C=O) groups excluding carboxylic acids is 1. The molecule has 0 saturated carbocycles. The number of aromatic amines is 1. The van der Waals surface area contributed by atoms with E-state index in [-0.39, 0.29) is 18.1 Å². The molecule has 6 nitrogen and oxygen atoms in total. The van der Waals surface area contributed by atoms with E-state index in [4.69, 9.17) is 4.74 Å². The number of carbonyl (C=O) groups is 1. The molecule has 0 radical (unpaired) electrons. The maximum absolute atomic E-state index is 12.7.